The van der Waals surface area contributed by atoms with Crippen molar-refractivity contribution in [2.75, 3.05) is 7.05 Å². The molecule has 1 aromatic carbocycles. The van der Waals surface area contributed by atoms with Crippen LogP contribution < -0.4 is 10.1 Å². The second-order valence-corrected chi connectivity index (χ2v) is 2.74. The minimum Gasteiger partial charge on any atom is -0.441 e. The lowest BCUT2D eigenvalue weighted by atomic mass is 10.2. The molecule has 0 bridgehead atoms. The first-order chi connectivity index (χ1) is 6.77. The molecular weight excluding hydrogens is 182 g/mol. The Labute approximate surface area is 82.8 Å². The molecule has 1 rings (SSSR count). The number of para-hydroxylation sites is 1. The van der Waals surface area contributed by atoms with Crippen LogP contribution in [0.1, 0.15) is 5.56 Å². The Balaban J connectivity index is 2.66. The predicted molar refractivity (Wildman–Crippen MR) is 51.8 cm³/mol. The van der Waals surface area contributed by atoms with E-state index < -0.39 is 6.41 Å². The molecule has 0 heterocycles. The molecule has 76 valence electrons. The van der Waals surface area contributed by atoms with Crippen molar-refractivity contribution in [1.29, 1.82) is 0 Å². The third kappa shape index (κ3) is 2.74. The summed E-state index contributed by atoms with van der Waals surface area (Å²) in [5, 5.41) is 2.70. The van der Waals surface area contributed by atoms with E-state index in [4.69, 9.17) is 4.74 Å². The minimum absolute atomic E-state index is 0.347. The highest BCUT2D eigenvalue weighted by Crippen LogP contribution is 2.17. The van der Waals surface area contributed by atoms with Crippen LogP contribution in [0.5, 0.6) is 5.75 Å². The van der Waals surface area contributed by atoms with Crippen LogP contribution in [-0.4, -0.2) is 19.9 Å². The van der Waals surface area contributed by atoms with E-state index in [2.05, 4.69) is 10.1 Å². The zero-order valence-electron chi connectivity index (χ0n) is 8.19. The molecule has 0 aliphatic heterocycles. The van der Waals surface area contributed by atoms with E-state index in [0.717, 1.165) is 5.56 Å². The number of aryl methyl sites for hydroxylation is 1. The summed E-state index contributed by atoms with van der Waals surface area (Å²) < 4.78 is 10.0. The highest BCUT2D eigenvalue weighted by Gasteiger charge is 2.08. The molecule has 4 nitrogen and oxygen atoms in total. The van der Waals surface area contributed by atoms with Gasteiger partial charge in [0.1, 0.15) is 5.75 Å². The lowest BCUT2D eigenvalue weighted by molar-refractivity contribution is -0.151. The van der Waals surface area contributed by atoms with Gasteiger partial charge in [-0.2, -0.15) is 0 Å². The van der Waals surface area contributed by atoms with E-state index in [1.807, 2.05) is 31.2 Å². The fraction of sp³-hybridized carbons (Fsp3) is 0.300. The first-order valence-electron chi connectivity index (χ1n) is 4.26. The Morgan fingerprint density at radius 1 is 1.43 bits per heavy atom. The molecule has 14 heavy (non-hydrogen) atoms. The van der Waals surface area contributed by atoms with E-state index in [1.165, 1.54) is 0 Å². The van der Waals surface area contributed by atoms with Crippen LogP contribution in [0.15, 0.2) is 24.3 Å². The van der Waals surface area contributed by atoms with E-state index in [0.29, 0.717) is 12.2 Å². The van der Waals surface area contributed by atoms with Crippen molar-refractivity contribution in [2.45, 2.75) is 13.3 Å². The molecule has 4 heteroatoms. The lowest BCUT2D eigenvalue weighted by Gasteiger charge is -2.16. The number of ether oxygens (including phenoxy) is 2. The van der Waals surface area contributed by atoms with Gasteiger partial charge in [-0.05, 0) is 25.6 Å². The van der Waals surface area contributed by atoms with Crippen LogP contribution in [-0.2, 0) is 9.53 Å². The summed E-state index contributed by atoms with van der Waals surface area (Å²) in [4.78, 5) is 10.1. The summed E-state index contributed by atoms with van der Waals surface area (Å²) in [6, 6.07) is 7.50. The maximum atomic E-state index is 10.1. The fourth-order valence-corrected chi connectivity index (χ4v) is 1.01. The quantitative estimate of drug-likeness (QED) is 0.563. The molecule has 0 aliphatic rings. The second-order valence-electron chi connectivity index (χ2n) is 2.74. The van der Waals surface area contributed by atoms with Gasteiger partial charge in [-0.25, -0.2) is 0 Å². The van der Waals surface area contributed by atoms with Crippen molar-refractivity contribution in [2.24, 2.45) is 0 Å². The molecule has 1 aromatic rings. The summed E-state index contributed by atoms with van der Waals surface area (Å²) in [6.45, 7) is 2.27. The average molecular weight is 195 g/mol. The Kier molecular flexibility index (Phi) is 3.94. The van der Waals surface area contributed by atoms with E-state index in [-0.39, 0.29) is 0 Å². The van der Waals surface area contributed by atoms with Crippen molar-refractivity contribution in [3.05, 3.63) is 29.8 Å². The topological polar surface area (TPSA) is 47.6 Å². The van der Waals surface area contributed by atoms with Gasteiger partial charge in [0.2, 0.25) is 0 Å². The normalized spacial score (nSPS) is 11.9. The van der Waals surface area contributed by atoms with Crippen molar-refractivity contribution in [3.8, 4) is 5.75 Å². The van der Waals surface area contributed by atoms with Gasteiger partial charge in [0.05, 0.1) is 0 Å². The van der Waals surface area contributed by atoms with Gasteiger partial charge in [0.15, 0.2) is 0 Å². The molecule has 0 saturated heterocycles. The first-order valence-corrected chi connectivity index (χ1v) is 4.26. The maximum Gasteiger partial charge on any atom is 0.304 e. The van der Waals surface area contributed by atoms with Crippen molar-refractivity contribution >= 4 is 6.47 Å². The molecule has 1 atom stereocenters. The monoisotopic (exact) mass is 195 g/mol. The Bertz CT molecular complexity index is 301. The van der Waals surface area contributed by atoms with E-state index in [1.54, 1.807) is 7.05 Å². The van der Waals surface area contributed by atoms with Crippen LogP contribution in [0.25, 0.3) is 0 Å². The third-order valence-electron chi connectivity index (χ3n) is 1.74. The van der Waals surface area contributed by atoms with Gasteiger partial charge in [-0.3, -0.25) is 10.1 Å². The van der Waals surface area contributed by atoms with Crippen molar-refractivity contribution in [1.82, 2.24) is 5.32 Å². The number of benzene rings is 1. The summed E-state index contributed by atoms with van der Waals surface area (Å²) in [5.41, 5.74) is 0.988. The van der Waals surface area contributed by atoms with Gasteiger partial charge >= 0.3 is 6.41 Å². The zero-order valence-corrected chi connectivity index (χ0v) is 8.19. The van der Waals surface area contributed by atoms with Gasteiger partial charge in [-0.15, -0.1) is 0 Å². The summed E-state index contributed by atoms with van der Waals surface area (Å²) in [5.74, 6) is 0.689. The van der Waals surface area contributed by atoms with Gasteiger partial charge in [-0.1, -0.05) is 18.2 Å². The number of hydrogen-bond acceptors (Lipinski definition) is 4. The second kappa shape index (κ2) is 5.24. The number of nitrogens with one attached hydrogen (secondary N) is 1. The Morgan fingerprint density at radius 2 is 2.14 bits per heavy atom. The molecule has 0 fully saturated rings. The molecule has 1 unspecified atom stereocenters. The van der Waals surface area contributed by atoms with Crippen LogP contribution in [0.3, 0.4) is 0 Å². The molecular formula is C10H13NO3. The summed E-state index contributed by atoms with van der Waals surface area (Å²) >= 11 is 0. The molecule has 1 N–H and O–H groups in total. The molecule has 0 radical (unpaired) electrons. The van der Waals surface area contributed by atoms with Gasteiger partial charge < -0.3 is 9.47 Å². The number of carbonyl (C=O) groups excluding carboxylic acids is 1. The van der Waals surface area contributed by atoms with Crippen LogP contribution in [0, 0.1) is 6.92 Å². The Hall–Kier alpha value is -1.55. The minimum atomic E-state index is -0.742. The Morgan fingerprint density at radius 3 is 2.71 bits per heavy atom. The largest absolute Gasteiger partial charge is 0.441 e. The predicted octanol–water partition coefficient (Wildman–Crippen LogP) is 1.05. The molecule has 0 aromatic heterocycles. The van der Waals surface area contributed by atoms with Crippen molar-refractivity contribution < 1.29 is 14.3 Å². The van der Waals surface area contributed by atoms with Crippen LogP contribution in [0.4, 0.5) is 0 Å². The van der Waals surface area contributed by atoms with Crippen molar-refractivity contribution in [3.63, 3.8) is 0 Å². The molecule has 0 saturated carbocycles. The van der Waals surface area contributed by atoms with Gasteiger partial charge in [0.25, 0.3) is 6.47 Å². The van der Waals surface area contributed by atoms with Gasteiger partial charge in [0, 0.05) is 0 Å². The van der Waals surface area contributed by atoms with E-state index in [9.17, 15) is 4.79 Å². The zero-order chi connectivity index (χ0) is 10.4. The highest BCUT2D eigenvalue weighted by molar-refractivity contribution is 5.37. The maximum absolute atomic E-state index is 10.1. The average Bonchev–Trinajstić information content (AvgIpc) is 2.20. The number of hydrogen-bond donors (Lipinski definition) is 1. The molecule has 0 amide bonds. The standard InChI is InChI=1S/C10H13NO3/c1-8-5-3-4-6-9(8)14-10(11-2)13-7-12/h3-7,10-11H,1-2H3. The molecule has 0 spiro atoms. The number of carbonyl (C=O) groups is 1. The summed E-state index contributed by atoms with van der Waals surface area (Å²) in [6.07, 6.45) is -0.742. The van der Waals surface area contributed by atoms with Crippen LogP contribution >= 0.6 is 0 Å². The SMILES string of the molecule is CNC(OC=O)Oc1ccccc1C. The number of rotatable bonds is 5. The lowest BCUT2D eigenvalue weighted by Crippen LogP contribution is -2.33. The summed E-state index contributed by atoms with van der Waals surface area (Å²) in [7, 11) is 1.65. The highest BCUT2D eigenvalue weighted by atomic mass is 16.7. The van der Waals surface area contributed by atoms with Crippen LogP contribution in [0.2, 0.25) is 0 Å². The fourth-order valence-electron chi connectivity index (χ4n) is 1.01. The first kappa shape index (κ1) is 10.5. The molecule has 0 aliphatic carbocycles. The third-order valence-corrected chi connectivity index (χ3v) is 1.74. The van der Waals surface area contributed by atoms with E-state index >= 15 is 0 Å². The smallest absolute Gasteiger partial charge is 0.304 e.